The van der Waals surface area contributed by atoms with E-state index in [2.05, 4.69) is 11.4 Å². The normalized spacial score (nSPS) is 11.3. The summed E-state index contributed by atoms with van der Waals surface area (Å²) >= 11 is 1.62. The number of fused-ring (bicyclic) bond motifs is 2. The fraction of sp³-hybridized carbons (Fsp3) is 0.207. The number of aliphatic carboxylic acids is 1. The van der Waals surface area contributed by atoms with E-state index < -0.39 is 5.97 Å². The maximum absolute atomic E-state index is 13.5. The number of thiophene rings is 1. The van der Waals surface area contributed by atoms with E-state index in [1.807, 2.05) is 24.4 Å². The van der Waals surface area contributed by atoms with Crippen LogP contribution in [0.25, 0.3) is 21.1 Å². The van der Waals surface area contributed by atoms with Crippen LogP contribution < -0.4 is 11.0 Å². The van der Waals surface area contributed by atoms with Crippen molar-refractivity contribution in [1.29, 1.82) is 0 Å². The van der Waals surface area contributed by atoms with E-state index in [9.17, 15) is 23.9 Å². The Bertz CT molecular complexity index is 1730. The number of carbonyl (C=O) groups excluding carboxylic acids is 1. The topological polar surface area (TPSA) is 93.3 Å². The number of halogens is 1. The first-order valence-electron chi connectivity index (χ1n) is 12.2. The van der Waals surface area contributed by atoms with Gasteiger partial charge in [-0.3, -0.25) is 18.7 Å². The lowest BCUT2D eigenvalue weighted by atomic mass is 10.1. The summed E-state index contributed by atoms with van der Waals surface area (Å²) in [6.07, 6.45) is 0.253. The van der Waals surface area contributed by atoms with Crippen LogP contribution in [0.5, 0.6) is 0 Å². The Balaban J connectivity index is 1.46. The van der Waals surface area contributed by atoms with Gasteiger partial charge in [0.25, 0.3) is 5.91 Å². The fourth-order valence-electron chi connectivity index (χ4n) is 4.78. The number of hydrogen-bond acceptors (Lipinski definition) is 4. The number of benzene rings is 3. The maximum Gasteiger partial charge on any atom is 0.329 e. The summed E-state index contributed by atoms with van der Waals surface area (Å²) in [5, 5.41) is 15.2. The summed E-state index contributed by atoms with van der Waals surface area (Å²) in [5.74, 6) is -1.66. The Morgan fingerprint density at radius 1 is 1.03 bits per heavy atom. The molecule has 0 aliphatic rings. The van der Waals surface area contributed by atoms with Crippen molar-refractivity contribution in [1.82, 2.24) is 14.5 Å². The molecule has 9 heteroatoms. The molecule has 2 heterocycles. The van der Waals surface area contributed by atoms with E-state index in [-0.39, 0.29) is 30.4 Å². The second-order valence-electron chi connectivity index (χ2n) is 9.21. The number of aryl methyl sites for hydroxylation is 2. The molecule has 0 aliphatic heterocycles. The largest absolute Gasteiger partial charge is 0.481 e. The number of nitrogens with one attached hydrogen (secondary N) is 1. The molecule has 5 aromatic rings. The third-order valence-electron chi connectivity index (χ3n) is 6.63. The summed E-state index contributed by atoms with van der Waals surface area (Å²) < 4.78 is 17.6. The van der Waals surface area contributed by atoms with Crippen LogP contribution in [0.3, 0.4) is 0 Å². The highest BCUT2D eigenvalue weighted by atomic mass is 32.1. The maximum atomic E-state index is 13.5. The molecule has 0 saturated heterocycles. The Hall–Kier alpha value is -4.24. The number of imidazole rings is 1. The Kier molecular flexibility index (Phi) is 7.11. The molecule has 3 aromatic carbocycles. The molecule has 2 N–H and O–H groups in total. The van der Waals surface area contributed by atoms with Crippen molar-refractivity contribution >= 4 is 44.3 Å². The van der Waals surface area contributed by atoms with Crippen LogP contribution in [0, 0.1) is 12.7 Å². The Morgan fingerprint density at radius 2 is 1.84 bits per heavy atom. The van der Waals surface area contributed by atoms with Gasteiger partial charge in [0.1, 0.15) is 5.82 Å². The van der Waals surface area contributed by atoms with Crippen LogP contribution in [0.2, 0.25) is 0 Å². The number of carboxylic acid groups (broad SMARTS) is 1. The standard InChI is InChI=1S/C29H26FN3O4S/c1-18-4-2-7-25-27(18)21(17-38-25)16-33-23-9-8-20(15-24(23)32(29(33)37)13-11-26(34)35)28(36)31-12-10-19-5-3-6-22(30)14-19/h2-9,14-15,17H,10-13,16H2,1H3,(H,31,36)(H,34,35). The van der Waals surface area contributed by atoms with Gasteiger partial charge in [0, 0.05) is 28.7 Å². The van der Waals surface area contributed by atoms with E-state index in [0.717, 1.165) is 26.8 Å². The molecule has 194 valence electrons. The first-order chi connectivity index (χ1) is 18.3. The van der Waals surface area contributed by atoms with Gasteiger partial charge >= 0.3 is 11.7 Å². The number of rotatable bonds is 9. The van der Waals surface area contributed by atoms with Gasteiger partial charge in [-0.2, -0.15) is 0 Å². The smallest absolute Gasteiger partial charge is 0.329 e. The molecule has 1 amide bonds. The first kappa shape index (κ1) is 25.4. The van der Waals surface area contributed by atoms with Crippen molar-refractivity contribution < 1.29 is 19.1 Å². The summed E-state index contributed by atoms with van der Waals surface area (Å²) in [6.45, 7) is 2.68. The van der Waals surface area contributed by atoms with Crippen LogP contribution in [-0.2, 0) is 24.3 Å². The zero-order valence-corrected chi connectivity index (χ0v) is 21.6. The number of hydrogen-bond donors (Lipinski definition) is 2. The first-order valence-corrected chi connectivity index (χ1v) is 13.1. The average molecular weight is 532 g/mol. The molecule has 7 nitrogen and oxygen atoms in total. The summed E-state index contributed by atoms with van der Waals surface area (Å²) in [6, 6.07) is 17.3. The third-order valence-corrected chi connectivity index (χ3v) is 7.63. The summed E-state index contributed by atoms with van der Waals surface area (Å²) in [4.78, 5) is 37.7. The van der Waals surface area contributed by atoms with Crippen LogP contribution in [-0.4, -0.2) is 32.7 Å². The number of nitrogens with zero attached hydrogens (tertiary/aromatic N) is 2. The number of carboxylic acids is 1. The highest BCUT2D eigenvalue weighted by Crippen LogP contribution is 2.30. The third kappa shape index (κ3) is 5.10. The minimum Gasteiger partial charge on any atom is -0.481 e. The SMILES string of the molecule is Cc1cccc2scc(Cn3c(=O)n(CCC(=O)O)c4cc(C(=O)NCCc5cccc(F)c5)ccc43)c12. The molecule has 5 rings (SSSR count). The molecular weight excluding hydrogens is 505 g/mol. The number of amides is 1. The van der Waals surface area contributed by atoms with E-state index in [1.165, 1.54) is 16.7 Å². The number of aromatic nitrogens is 2. The van der Waals surface area contributed by atoms with Crippen LogP contribution in [0.1, 0.15) is 33.5 Å². The van der Waals surface area contributed by atoms with Crippen LogP contribution in [0.4, 0.5) is 4.39 Å². The predicted octanol–water partition coefficient (Wildman–Crippen LogP) is 4.96. The molecule has 0 spiro atoms. The van der Waals surface area contributed by atoms with E-state index in [4.69, 9.17) is 0 Å². The Morgan fingerprint density at radius 3 is 2.63 bits per heavy atom. The van der Waals surface area contributed by atoms with Gasteiger partial charge in [-0.25, -0.2) is 9.18 Å². The summed E-state index contributed by atoms with van der Waals surface area (Å²) in [7, 11) is 0. The lowest BCUT2D eigenvalue weighted by Crippen LogP contribution is -2.26. The number of carbonyl (C=O) groups is 2. The van der Waals surface area contributed by atoms with Crippen molar-refractivity contribution in [3.63, 3.8) is 0 Å². The van der Waals surface area contributed by atoms with Gasteiger partial charge < -0.3 is 10.4 Å². The van der Waals surface area contributed by atoms with Crippen LogP contribution in [0.15, 0.2) is 70.8 Å². The van der Waals surface area contributed by atoms with E-state index in [1.54, 1.807) is 46.2 Å². The van der Waals surface area contributed by atoms with Gasteiger partial charge in [0.05, 0.1) is 24.0 Å². The molecule has 0 fully saturated rings. The van der Waals surface area contributed by atoms with Gasteiger partial charge in [0.15, 0.2) is 0 Å². The van der Waals surface area contributed by atoms with Gasteiger partial charge in [-0.15, -0.1) is 11.3 Å². The molecule has 38 heavy (non-hydrogen) atoms. The van der Waals surface area contributed by atoms with Crippen molar-refractivity contribution in [3.05, 3.63) is 105 Å². The highest BCUT2D eigenvalue weighted by Gasteiger charge is 2.18. The van der Waals surface area contributed by atoms with Gasteiger partial charge in [0.2, 0.25) is 0 Å². The van der Waals surface area contributed by atoms with E-state index >= 15 is 0 Å². The monoisotopic (exact) mass is 531 g/mol. The molecule has 0 radical (unpaired) electrons. The molecule has 0 bridgehead atoms. The highest BCUT2D eigenvalue weighted by molar-refractivity contribution is 7.17. The Labute approximate surface area is 221 Å². The summed E-state index contributed by atoms with van der Waals surface area (Å²) in [5.41, 5.74) is 4.08. The lowest BCUT2D eigenvalue weighted by molar-refractivity contribution is -0.137. The molecular formula is C29H26FN3O4S. The van der Waals surface area contributed by atoms with Crippen molar-refractivity contribution in [2.45, 2.75) is 32.9 Å². The lowest BCUT2D eigenvalue weighted by Gasteiger charge is -2.07. The van der Waals surface area contributed by atoms with Gasteiger partial charge in [-0.05, 0) is 71.8 Å². The second kappa shape index (κ2) is 10.6. The van der Waals surface area contributed by atoms with E-state index in [0.29, 0.717) is 36.1 Å². The van der Waals surface area contributed by atoms with Crippen LogP contribution >= 0.6 is 11.3 Å². The molecule has 0 aliphatic carbocycles. The fourth-order valence-corrected chi connectivity index (χ4v) is 5.81. The van der Waals surface area contributed by atoms with Crippen molar-refractivity contribution in [2.75, 3.05) is 6.54 Å². The molecule has 0 saturated carbocycles. The molecule has 0 unspecified atom stereocenters. The van der Waals surface area contributed by atoms with Crippen molar-refractivity contribution in [2.24, 2.45) is 0 Å². The van der Waals surface area contributed by atoms with Gasteiger partial charge in [-0.1, -0.05) is 24.3 Å². The minimum absolute atomic E-state index is 0.00821. The average Bonchev–Trinajstić information content (AvgIpc) is 3.42. The van der Waals surface area contributed by atoms with Crippen molar-refractivity contribution in [3.8, 4) is 0 Å². The predicted molar refractivity (Wildman–Crippen MR) is 147 cm³/mol. The minimum atomic E-state index is -1.01. The molecule has 2 aromatic heterocycles. The quantitative estimate of drug-likeness (QED) is 0.281. The zero-order chi connectivity index (χ0) is 26.8. The molecule has 0 atom stereocenters. The zero-order valence-electron chi connectivity index (χ0n) is 20.7. The second-order valence-corrected chi connectivity index (χ2v) is 10.1.